The first-order valence-electron chi connectivity index (χ1n) is 6.33. The number of carbonyl (C=O) groups excluding carboxylic acids is 1. The van der Waals surface area contributed by atoms with Gasteiger partial charge in [0.15, 0.2) is 5.75 Å². The Morgan fingerprint density at radius 3 is 2.83 bits per heavy atom. The number of sulfonamides is 1. The van der Waals surface area contributed by atoms with Gasteiger partial charge in [0.05, 0.1) is 6.61 Å². The monoisotopic (exact) mass is 278 g/mol. The molecule has 2 N–H and O–H groups in total. The molecule has 1 aliphatic rings. The van der Waals surface area contributed by atoms with Gasteiger partial charge in [-0.05, 0) is 38.6 Å². The van der Waals surface area contributed by atoms with Gasteiger partial charge < -0.3 is 10.5 Å². The lowest BCUT2D eigenvalue weighted by Gasteiger charge is -2.31. The maximum atomic E-state index is 12.0. The van der Waals surface area contributed by atoms with Gasteiger partial charge in [0, 0.05) is 13.1 Å². The Bertz CT molecular complexity index is 367. The molecule has 0 radical (unpaired) electrons. The predicted molar refractivity (Wildman–Crippen MR) is 68.4 cm³/mol. The number of carbonyl (C=O) groups is 1. The van der Waals surface area contributed by atoms with E-state index in [1.54, 1.807) is 6.92 Å². The molecule has 0 aromatic carbocycles. The molecular weight excluding hydrogens is 256 g/mol. The summed E-state index contributed by atoms with van der Waals surface area (Å²) in [5.41, 5.74) is 5.49. The number of rotatable bonds is 6. The Kier molecular flexibility index (Phi) is 6.04. The molecule has 0 amide bonds. The number of esters is 1. The highest BCUT2D eigenvalue weighted by atomic mass is 32.2. The van der Waals surface area contributed by atoms with E-state index in [2.05, 4.69) is 4.74 Å². The SMILES string of the molecule is CCOC(=O)CS(=O)(=O)N1CCCC(CCN)C1. The molecule has 0 bridgehead atoms. The maximum Gasteiger partial charge on any atom is 0.322 e. The molecule has 1 unspecified atom stereocenters. The minimum atomic E-state index is -3.54. The van der Waals surface area contributed by atoms with Crippen molar-refractivity contribution < 1.29 is 17.9 Å². The fourth-order valence-corrected chi connectivity index (χ4v) is 3.60. The van der Waals surface area contributed by atoms with Crippen molar-refractivity contribution in [3.63, 3.8) is 0 Å². The number of hydrogen-bond donors (Lipinski definition) is 1. The molecule has 1 heterocycles. The van der Waals surface area contributed by atoms with Gasteiger partial charge in [0.1, 0.15) is 0 Å². The van der Waals surface area contributed by atoms with Crippen molar-refractivity contribution in [2.75, 3.05) is 32.0 Å². The maximum absolute atomic E-state index is 12.0. The van der Waals surface area contributed by atoms with Gasteiger partial charge in [0.25, 0.3) is 0 Å². The van der Waals surface area contributed by atoms with Crippen molar-refractivity contribution in [2.24, 2.45) is 11.7 Å². The van der Waals surface area contributed by atoms with E-state index < -0.39 is 21.7 Å². The van der Waals surface area contributed by atoms with Crippen LogP contribution in [0, 0.1) is 5.92 Å². The molecule has 0 spiro atoms. The van der Waals surface area contributed by atoms with Crippen molar-refractivity contribution in [3.8, 4) is 0 Å². The summed E-state index contributed by atoms with van der Waals surface area (Å²) in [6.45, 7) is 3.38. The van der Waals surface area contributed by atoms with Gasteiger partial charge in [-0.25, -0.2) is 12.7 Å². The van der Waals surface area contributed by atoms with E-state index in [4.69, 9.17) is 5.73 Å². The van der Waals surface area contributed by atoms with E-state index in [1.807, 2.05) is 0 Å². The lowest BCUT2D eigenvalue weighted by molar-refractivity contribution is -0.140. The van der Waals surface area contributed by atoms with Crippen molar-refractivity contribution >= 4 is 16.0 Å². The van der Waals surface area contributed by atoms with Gasteiger partial charge >= 0.3 is 5.97 Å². The molecule has 1 fully saturated rings. The van der Waals surface area contributed by atoms with Crippen LogP contribution in [0.25, 0.3) is 0 Å². The lowest BCUT2D eigenvalue weighted by Crippen LogP contribution is -2.43. The van der Waals surface area contributed by atoms with Crippen LogP contribution in [-0.4, -0.2) is 50.7 Å². The first kappa shape index (κ1) is 15.4. The average Bonchev–Trinajstić information content (AvgIpc) is 2.29. The van der Waals surface area contributed by atoms with Gasteiger partial charge in [-0.15, -0.1) is 0 Å². The van der Waals surface area contributed by atoms with Gasteiger partial charge in [-0.1, -0.05) is 0 Å². The van der Waals surface area contributed by atoms with Crippen molar-refractivity contribution in [1.29, 1.82) is 0 Å². The highest BCUT2D eigenvalue weighted by Gasteiger charge is 2.30. The first-order valence-corrected chi connectivity index (χ1v) is 7.94. The zero-order valence-corrected chi connectivity index (χ0v) is 11.6. The number of piperidine rings is 1. The van der Waals surface area contributed by atoms with Crippen LogP contribution < -0.4 is 5.73 Å². The normalized spacial score (nSPS) is 21.8. The zero-order valence-electron chi connectivity index (χ0n) is 10.8. The van der Waals surface area contributed by atoms with E-state index in [9.17, 15) is 13.2 Å². The molecule has 18 heavy (non-hydrogen) atoms. The summed E-state index contributed by atoms with van der Waals surface area (Å²) in [7, 11) is -3.54. The molecule has 1 atom stereocenters. The number of ether oxygens (including phenoxy) is 1. The van der Waals surface area contributed by atoms with Crippen LogP contribution in [0.3, 0.4) is 0 Å². The lowest BCUT2D eigenvalue weighted by atomic mass is 9.96. The van der Waals surface area contributed by atoms with Crippen LogP contribution in [0.4, 0.5) is 0 Å². The summed E-state index contributed by atoms with van der Waals surface area (Å²) in [5, 5.41) is 0. The smallest absolute Gasteiger partial charge is 0.322 e. The van der Waals surface area contributed by atoms with Crippen LogP contribution in [-0.2, 0) is 19.6 Å². The highest BCUT2D eigenvalue weighted by molar-refractivity contribution is 7.89. The third-order valence-electron chi connectivity index (χ3n) is 3.06. The van der Waals surface area contributed by atoms with Gasteiger partial charge in [-0.2, -0.15) is 0 Å². The summed E-state index contributed by atoms with van der Waals surface area (Å²) in [6, 6.07) is 0. The Hall–Kier alpha value is -0.660. The fraction of sp³-hybridized carbons (Fsp3) is 0.909. The Morgan fingerprint density at radius 2 is 2.22 bits per heavy atom. The molecular formula is C11H22N2O4S. The Balaban J connectivity index is 2.58. The molecule has 0 saturated carbocycles. The van der Waals surface area contributed by atoms with Crippen molar-refractivity contribution in [2.45, 2.75) is 26.2 Å². The topological polar surface area (TPSA) is 89.7 Å². The second-order valence-corrected chi connectivity index (χ2v) is 6.47. The third-order valence-corrected chi connectivity index (χ3v) is 4.77. The second-order valence-electron chi connectivity index (χ2n) is 4.50. The summed E-state index contributed by atoms with van der Waals surface area (Å²) in [6.07, 6.45) is 2.65. The molecule has 1 aliphatic heterocycles. The minimum Gasteiger partial charge on any atom is -0.465 e. The van der Waals surface area contributed by atoms with E-state index >= 15 is 0 Å². The molecule has 1 saturated heterocycles. The number of hydrogen-bond acceptors (Lipinski definition) is 5. The Morgan fingerprint density at radius 1 is 1.50 bits per heavy atom. The largest absolute Gasteiger partial charge is 0.465 e. The van der Waals surface area contributed by atoms with Crippen molar-refractivity contribution in [1.82, 2.24) is 4.31 Å². The average molecular weight is 278 g/mol. The zero-order chi connectivity index (χ0) is 13.6. The third kappa shape index (κ3) is 4.55. The van der Waals surface area contributed by atoms with E-state index in [-0.39, 0.29) is 6.61 Å². The van der Waals surface area contributed by atoms with Crippen LogP contribution in [0.1, 0.15) is 26.2 Å². The predicted octanol–water partition coefficient (Wildman–Crippen LogP) is -0.0599. The molecule has 6 nitrogen and oxygen atoms in total. The quantitative estimate of drug-likeness (QED) is 0.687. The van der Waals surface area contributed by atoms with Crippen LogP contribution in [0.5, 0.6) is 0 Å². The van der Waals surface area contributed by atoms with Gasteiger partial charge in [-0.3, -0.25) is 4.79 Å². The number of nitrogens with zero attached hydrogens (tertiary/aromatic N) is 1. The molecule has 0 aromatic rings. The molecule has 106 valence electrons. The summed E-state index contributed by atoms with van der Waals surface area (Å²) in [4.78, 5) is 11.3. The fourth-order valence-electron chi connectivity index (χ4n) is 2.19. The highest BCUT2D eigenvalue weighted by Crippen LogP contribution is 2.21. The molecule has 1 rings (SSSR count). The van der Waals surface area contributed by atoms with Crippen LogP contribution in [0.2, 0.25) is 0 Å². The van der Waals surface area contributed by atoms with Gasteiger partial charge in [0.2, 0.25) is 10.0 Å². The van der Waals surface area contributed by atoms with Crippen LogP contribution in [0.15, 0.2) is 0 Å². The molecule has 0 aliphatic carbocycles. The number of nitrogens with two attached hydrogens (primary N) is 1. The standard InChI is InChI=1S/C11H22N2O4S/c1-2-17-11(14)9-18(15,16)13-7-3-4-10(8-13)5-6-12/h10H,2-9,12H2,1H3. The molecule has 0 aromatic heterocycles. The summed E-state index contributed by atoms with van der Waals surface area (Å²) >= 11 is 0. The second kappa shape index (κ2) is 7.06. The Labute approximate surface area is 109 Å². The summed E-state index contributed by atoms with van der Waals surface area (Å²) < 4.78 is 30.1. The van der Waals surface area contributed by atoms with Crippen molar-refractivity contribution in [3.05, 3.63) is 0 Å². The van der Waals surface area contributed by atoms with Crippen LogP contribution >= 0.6 is 0 Å². The first-order chi connectivity index (χ1) is 8.49. The van der Waals surface area contributed by atoms with E-state index in [1.165, 1.54) is 4.31 Å². The van der Waals surface area contributed by atoms with E-state index in [0.717, 1.165) is 19.3 Å². The molecule has 7 heteroatoms. The summed E-state index contributed by atoms with van der Waals surface area (Å²) in [5.74, 6) is -0.935. The minimum absolute atomic E-state index is 0.199. The van der Waals surface area contributed by atoms with E-state index in [0.29, 0.717) is 25.6 Å².